The third-order valence-corrected chi connectivity index (χ3v) is 4.18. The van der Waals surface area contributed by atoms with Crippen LogP contribution in [0.2, 0.25) is 0 Å². The van der Waals surface area contributed by atoms with Crippen LogP contribution in [0.25, 0.3) is 22.8 Å². The number of nitrogens with zero attached hydrogens (tertiary/aromatic N) is 5. The van der Waals surface area contributed by atoms with Gasteiger partial charge in [0, 0.05) is 24.4 Å². The van der Waals surface area contributed by atoms with E-state index in [4.69, 9.17) is 4.52 Å². The quantitative estimate of drug-likeness (QED) is 0.727. The van der Waals surface area contributed by atoms with Crippen LogP contribution < -0.4 is 0 Å². The second kappa shape index (κ2) is 5.96. The van der Waals surface area contributed by atoms with E-state index in [0.29, 0.717) is 5.69 Å². The van der Waals surface area contributed by atoms with Gasteiger partial charge in [0.15, 0.2) is 0 Å². The molecule has 4 rings (SSSR count). The van der Waals surface area contributed by atoms with Gasteiger partial charge >= 0.3 is 0 Å². The zero-order valence-electron chi connectivity index (χ0n) is 13.4. The van der Waals surface area contributed by atoms with Gasteiger partial charge in [-0.2, -0.15) is 4.98 Å². The number of aromatic nitrogens is 4. The molecule has 3 aromatic rings. The molecule has 0 amide bonds. The average molecular weight is 343 g/mol. The summed E-state index contributed by atoms with van der Waals surface area (Å²) in [6.07, 6.45) is 3.06. The Hall–Kier alpha value is -2.74. The second-order valence-electron chi connectivity index (χ2n) is 6.09. The first-order valence-corrected chi connectivity index (χ1v) is 7.81. The Kier molecular flexibility index (Phi) is 3.76. The average Bonchev–Trinajstić information content (AvgIpc) is 3.20. The lowest BCUT2D eigenvalue weighted by Crippen LogP contribution is -2.22. The Morgan fingerprint density at radius 1 is 1.16 bits per heavy atom. The lowest BCUT2D eigenvalue weighted by Gasteiger charge is -2.13. The van der Waals surface area contributed by atoms with E-state index in [1.807, 2.05) is 24.3 Å². The summed E-state index contributed by atoms with van der Waals surface area (Å²) in [5, 5.41) is 3.88. The minimum Gasteiger partial charge on any atom is -0.337 e. The zero-order valence-corrected chi connectivity index (χ0v) is 13.4. The van der Waals surface area contributed by atoms with Crippen LogP contribution >= 0.6 is 0 Å². The summed E-state index contributed by atoms with van der Waals surface area (Å²) in [6.45, 7) is -0.313. The second-order valence-corrected chi connectivity index (χ2v) is 6.09. The highest BCUT2D eigenvalue weighted by Crippen LogP contribution is 2.39. The maximum absolute atomic E-state index is 13.5. The van der Waals surface area contributed by atoms with E-state index in [1.165, 1.54) is 4.90 Å². The number of hydrogen-bond donors (Lipinski definition) is 0. The Balaban J connectivity index is 1.56. The summed E-state index contributed by atoms with van der Waals surface area (Å²) >= 11 is 0. The fourth-order valence-electron chi connectivity index (χ4n) is 2.94. The predicted molar refractivity (Wildman–Crippen MR) is 85.7 cm³/mol. The van der Waals surface area contributed by atoms with Crippen LogP contribution in [0.3, 0.4) is 0 Å². The summed E-state index contributed by atoms with van der Waals surface area (Å²) in [7, 11) is 1.62. The van der Waals surface area contributed by atoms with Crippen molar-refractivity contribution in [3.8, 4) is 22.8 Å². The van der Waals surface area contributed by atoms with Crippen molar-refractivity contribution in [2.24, 2.45) is 0 Å². The molecule has 1 aliphatic heterocycles. The molecule has 0 N–H and O–H groups in total. The molecule has 1 atom stereocenters. The van der Waals surface area contributed by atoms with Gasteiger partial charge < -0.3 is 4.52 Å². The summed E-state index contributed by atoms with van der Waals surface area (Å²) in [6, 6.07) is 8.66. The van der Waals surface area contributed by atoms with Crippen molar-refractivity contribution >= 4 is 0 Å². The molecule has 6 nitrogen and oxygen atoms in total. The fraction of sp³-hybridized carbons (Fsp3) is 0.294. The van der Waals surface area contributed by atoms with Crippen LogP contribution in [0.4, 0.5) is 8.78 Å². The highest BCUT2D eigenvalue weighted by atomic mass is 19.3. The summed E-state index contributed by atoms with van der Waals surface area (Å²) < 4.78 is 32.2. The molecule has 1 aliphatic rings. The molecule has 128 valence electrons. The van der Waals surface area contributed by atoms with Crippen LogP contribution in [-0.2, 0) is 0 Å². The van der Waals surface area contributed by atoms with Crippen molar-refractivity contribution in [3.63, 3.8) is 0 Å². The highest BCUT2D eigenvalue weighted by molar-refractivity contribution is 5.60. The van der Waals surface area contributed by atoms with Crippen LogP contribution in [0.5, 0.6) is 0 Å². The van der Waals surface area contributed by atoms with Crippen LogP contribution in [0.15, 0.2) is 47.2 Å². The first-order chi connectivity index (χ1) is 12.0. The van der Waals surface area contributed by atoms with E-state index in [1.54, 1.807) is 25.5 Å². The molecular formula is C17H15F2N5O. The van der Waals surface area contributed by atoms with Crippen molar-refractivity contribution in [3.05, 3.63) is 48.6 Å². The molecule has 0 saturated carbocycles. The van der Waals surface area contributed by atoms with Crippen molar-refractivity contribution in [1.29, 1.82) is 0 Å². The SMILES string of the molecule is CN1CC(F)(F)C[C@H]1c1nc(-c2ccc(-c3ccccn3)cn2)no1. The first kappa shape index (κ1) is 15.8. The molecule has 1 saturated heterocycles. The molecular weight excluding hydrogens is 328 g/mol. The van der Waals surface area contributed by atoms with Crippen molar-refractivity contribution in [2.45, 2.75) is 18.4 Å². The van der Waals surface area contributed by atoms with Crippen molar-refractivity contribution in [1.82, 2.24) is 25.0 Å². The molecule has 0 spiro atoms. The number of likely N-dealkylation sites (tertiary alicyclic amines) is 1. The minimum absolute atomic E-state index is 0.185. The van der Waals surface area contributed by atoms with E-state index in [2.05, 4.69) is 20.1 Å². The lowest BCUT2D eigenvalue weighted by molar-refractivity contribution is 0.0138. The summed E-state index contributed by atoms with van der Waals surface area (Å²) in [5.74, 6) is -2.27. The predicted octanol–water partition coefficient (Wildman–Crippen LogP) is 3.21. The van der Waals surface area contributed by atoms with Crippen molar-refractivity contribution in [2.75, 3.05) is 13.6 Å². The lowest BCUT2D eigenvalue weighted by atomic mass is 10.2. The maximum atomic E-state index is 13.5. The Morgan fingerprint density at radius 2 is 2.04 bits per heavy atom. The van der Waals surface area contributed by atoms with E-state index < -0.39 is 12.0 Å². The first-order valence-electron chi connectivity index (χ1n) is 7.81. The highest BCUT2D eigenvalue weighted by Gasteiger charge is 2.46. The zero-order chi connectivity index (χ0) is 17.4. The molecule has 0 aliphatic carbocycles. The van der Waals surface area contributed by atoms with E-state index >= 15 is 0 Å². The number of pyridine rings is 2. The van der Waals surface area contributed by atoms with Crippen LogP contribution in [0, 0.1) is 0 Å². The normalized spacial score (nSPS) is 20.0. The summed E-state index contributed by atoms with van der Waals surface area (Å²) in [4.78, 5) is 14.4. The number of hydrogen-bond acceptors (Lipinski definition) is 6. The molecule has 0 radical (unpaired) electrons. The summed E-state index contributed by atoms with van der Waals surface area (Å²) in [5.41, 5.74) is 2.19. The van der Waals surface area contributed by atoms with E-state index in [0.717, 1.165) is 11.3 Å². The van der Waals surface area contributed by atoms with Gasteiger partial charge in [0.1, 0.15) is 5.69 Å². The largest absolute Gasteiger partial charge is 0.337 e. The van der Waals surface area contributed by atoms with Crippen LogP contribution in [0.1, 0.15) is 18.4 Å². The van der Waals surface area contributed by atoms with Gasteiger partial charge in [-0.15, -0.1) is 0 Å². The molecule has 0 unspecified atom stereocenters. The maximum Gasteiger partial charge on any atom is 0.262 e. The third-order valence-electron chi connectivity index (χ3n) is 4.18. The minimum atomic E-state index is -2.74. The molecule has 0 bridgehead atoms. The fourth-order valence-corrected chi connectivity index (χ4v) is 2.94. The van der Waals surface area contributed by atoms with E-state index in [-0.39, 0.29) is 24.7 Å². The van der Waals surface area contributed by atoms with E-state index in [9.17, 15) is 8.78 Å². The standard InChI is InChI=1S/C17H15F2N5O/c1-24-10-17(18,19)8-14(24)16-22-15(23-25-16)13-6-5-11(9-21-13)12-4-2-3-7-20-12/h2-7,9,14H,8,10H2,1H3/t14-/m0/s1. The van der Waals surface area contributed by atoms with Gasteiger partial charge in [0.2, 0.25) is 11.7 Å². The van der Waals surface area contributed by atoms with Crippen molar-refractivity contribution < 1.29 is 13.3 Å². The Morgan fingerprint density at radius 3 is 2.68 bits per heavy atom. The monoisotopic (exact) mass is 343 g/mol. The van der Waals surface area contributed by atoms with Gasteiger partial charge in [-0.05, 0) is 31.3 Å². The Bertz CT molecular complexity index is 866. The molecule has 1 fully saturated rings. The van der Waals surface area contributed by atoms with Crippen LogP contribution in [-0.4, -0.2) is 44.5 Å². The molecule has 0 aromatic carbocycles. The van der Waals surface area contributed by atoms with Gasteiger partial charge in [0.25, 0.3) is 5.92 Å². The molecule has 4 heterocycles. The smallest absolute Gasteiger partial charge is 0.262 e. The third kappa shape index (κ3) is 3.12. The van der Waals surface area contributed by atoms with Gasteiger partial charge in [-0.1, -0.05) is 11.2 Å². The Labute approximate surface area is 142 Å². The van der Waals surface area contributed by atoms with Gasteiger partial charge in [0.05, 0.1) is 18.3 Å². The van der Waals surface area contributed by atoms with Gasteiger partial charge in [-0.3, -0.25) is 14.9 Å². The number of alkyl halides is 2. The topological polar surface area (TPSA) is 67.9 Å². The number of rotatable bonds is 3. The van der Waals surface area contributed by atoms with Gasteiger partial charge in [-0.25, -0.2) is 8.78 Å². The molecule has 25 heavy (non-hydrogen) atoms. The molecule has 3 aromatic heterocycles. The number of halogens is 2. The molecule has 8 heteroatoms.